The molecule has 0 spiro atoms. The Morgan fingerprint density at radius 1 is 1.27 bits per heavy atom. The lowest BCUT2D eigenvalue weighted by atomic mass is 10.1. The molecule has 0 unspecified atom stereocenters. The Morgan fingerprint density at radius 2 is 2.00 bits per heavy atom. The first-order valence-electron chi connectivity index (χ1n) is 5.88. The van der Waals surface area contributed by atoms with Crippen molar-refractivity contribution in [1.29, 1.82) is 0 Å². The molecule has 0 aliphatic carbocycles. The first-order chi connectivity index (χ1) is 7.38. The number of hydrogen-bond donors (Lipinski definition) is 1. The lowest BCUT2D eigenvalue weighted by Crippen LogP contribution is -2.57. The third-order valence-electron chi connectivity index (χ3n) is 2.93. The van der Waals surface area contributed by atoms with Crippen LogP contribution in [0.4, 0.5) is 0 Å². The monoisotopic (exact) mass is 204 g/mol. The molecule has 1 heterocycles. The first kappa shape index (κ1) is 10.7. The fourth-order valence-corrected chi connectivity index (χ4v) is 2.06. The van der Waals surface area contributed by atoms with Gasteiger partial charge in [-0.15, -0.1) is 0 Å². The van der Waals surface area contributed by atoms with Gasteiger partial charge < -0.3 is 10.2 Å². The van der Waals surface area contributed by atoms with Crippen LogP contribution in [0.25, 0.3) is 0 Å². The second kappa shape index (κ2) is 5.29. The molecular weight excluding hydrogens is 184 g/mol. The Hall–Kier alpha value is -0.860. The highest BCUT2D eigenvalue weighted by Gasteiger charge is 2.24. The molecule has 2 nitrogen and oxygen atoms in total. The highest BCUT2D eigenvalue weighted by Crippen LogP contribution is 2.09. The summed E-state index contributed by atoms with van der Waals surface area (Å²) in [6.07, 6.45) is 1.27. The van der Waals surface area contributed by atoms with Crippen LogP contribution >= 0.6 is 0 Å². The summed E-state index contributed by atoms with van der Waals surface area (Å²) in [5, 5.41) is 3.58. The molecule has 0 atom stereocenters. The van der Waals surface area contributed by atoms with E-state index in [9.17, 15) is 0 Å². The molecule has 1 aromatic rings. The Bertz CT molecular complexity index is 278. The van der Waals surface area contributed by atoms with Gasteiger partial charge in [-0.05, 0) is 18.5 Å². The summed E-state index contributed by atoms with van der Waals surface area (Å²) >= 11 is 0. The van der Waals surface area contributed by atoms with E-state index < -0.39 is 0 Å². The van der Waals surface area contributed by atoms with Crippen molar-refractivity contribution >= 4 is 0 Å². The van der Waals surface area contributed by atoms with E-state index in [1.165, 1.54) is 31.6 Å². The number of rotatable bonds is 5. The molecule has 1 saturated heterocycles. The summed E-state index contributed by atoms with van der Waals surface area (Å²) in [7, 11) is 0. The first-order valence-corrected chi connectivity index (χ1v) is 5.88. The normalized spacial score (nSPS) is 17.7. The summed E-state index contributed by atoms with van der Waals surface area (Å²) in [5.41, 5.74) is 1.38. The van der Waals surface area contributed by atoms with Gasteiger partial charge >= 0.3 is 0 Å². The van der Waals surface area contributed by atoms with Crippen LogP contribution in [0, 0.1) is 0 Å². The van der Waals surface area contributed by atoms with Gasteiger partial charge in [0, 0.05) is 25.7 Å². The molecule has 1 aliphatic rings. The molecule has 0 aromatic heterocycles. The molecule has 1 N–H and O–H groups in total. The summed E-state index contributed by atoms with van der Waals surface area (Å²) in [4.78, 5) is 2.50. The molecule has 82 valence electrons. The third-order valence-corrected chi connectivity index (χ3v) is 2.93. The SMILES string of the molecule is CCCN1CC(NCc2ccccc2)C1. The van der Waals surface area contributed by atoms with Crippen LogP contribution in [0.2, 0.25) is 0 Å². The van der Waals surface area contributed by atoms with E-state index in [4.69, 9.17) is 0 Å². The fourth-order valence-electron chi connectivity index (χ4n) is 2.06. The standard InChI is InChI=1S/C13H20N2/c1-2-8-15-10-13(11-15)14-9-12-6-4-3-5-7-12/h3-7,13-14H,2,8-11H2,1H3. The molecule has 0 saturated carbocycles. The number of nitrogens with one attached hydrogen (secondary N) is 1. The predicted molar refractivity (Wildman–Crippen MR) is 63.8 cm³/mol. The second-order valence-corrected chi connectivity index (χ2v) is 4.32. The molecule has 1 fully saturated rings. The van der Waals surface area contributed by atoms with Crippen LogP contribution in [0.15, 0.2) is 30.3 Å². The van der Waals surface area contributed by atoms with Gasteiger partial charge in [-0.25, -0.2) is 0 Å². The van der Waals surface area contributed by atoms with Crippen LogP contribution < -0.4 is 5.32 Å². The van der Waals surface area contributed by atoms with E-state index >= 15 is 0 Å². The van der Waals surface area contributed by atoms with Crippen LogP contribution in [-0.2, 0) is 6.54 Å². The van der Waals surface area contributed by atoms with Crippen molar-refractivity contribution in [2.75, 3.05) is 19.6 Å². The molecule has 0 amide bonds. The lowest BCUT2D eigenvalue weighted by molar-refractivity contribution is 0.126. The number of likely N-dealkylation sites (tertiary alicyclic amines) is 1. The van der Waals surface area contributed by atoms with E-state index in [-0.39, 0.29) is 0 Å². The Balaban J connectivity index is 1.64. The van der Waals surface area contributed by atoms with E-state index in [1.54, 1.807) is 0 Å². The number of hydrogen-bond acceptors (Lipinski definition) is 2. The van der Waals surface area contributed by atoms with E-state index in [0.717, 1.165) is 6.54 Å². The number of nitrogens with zero attached hydrogens (tertiary/aromatic N) is 1. The summed E-state index contributed by atoms with van der Waals surface area (Å²) in [6.45, 7) is 6.95. The summed E-state index contributed by atoms with van der Waals surface area (Å²) < 4.78 is 0. The van der Waals surface area contributed by atoms with Crippen molar-refractivity contribution in [3.8, 4) is 0 Å². The summed E-state index contributed by atoms with van der Waals surface area (Å²) in [5.74, 6) is 0. The van der Waals surface area contributed by atoms with Crippen LogP contribution in [0.3, 0.4) is 0 Å². The predicted octanol–water partition coefficient (Wildman–Crippen LogP) is 1.87. The molecule has 1 aliphatic heterocycles. The molecule has 2 rings (SSSR count). The minimum absolute atomic E-state index is 0.705. The maximum atomic E-state index is 3.58. The Labute approximate surface area is 92.3 Å². The van der Waals surface area contributed by atoms with Crippen molar-refractivity contribution in [2.24, 2.45) is 0 Å². The van der Waals surface area contributed by atoms with Gasteiger partial charge in [0.1, 0.15) is 0 Å². The van der Waals surface area contributed by atoms with Crippen LogP contribution in [0.5, 0.6) is 0 Å². The third kappa shape index (κ3) is 3.05. The van der Waals surface area contributed by atoms with Crippen molar-refractivity contribution in [2.45, 2.75) is 25.9 Å². The van der Waals surface area contributed by atoms with Gasteiger partial charge in [0.05, 0.1) is 0 Å². The van der Waals surface area contributed by atoms with Gasteiger partial charge in [0.25, 0.3) is 0 Å². The average molecular weight is 204 g/mol. The molecular formula is C13H20N2. The van der Waals surface area contributed by atoms with E-state index in [0.29, 0.717) is 6.04 Å². The van der Waals surface area contributed by atoms with E-state index in [1.807, 2.05) is 0 Å². The zero-order valence-corrected chi connectivity index (χ0v) is 9.45. The Kier molecular flexibility index (Phi) is 3.75. The second-order valence-electron chi connectivity index (χ2n) is 4.32. The van der Waals surface area contributed by atoms with Gasteiger partial charge in [-0.3, -0.25) is 0 Å². The van der Waals surface area contributed by atoms with Crippen molar-refractivity contribution in [1.82, 2.24) is 10.2 Å². The Morgan fingerprint density at radius 3 is 2.67 bits per heavy atom. The molecule has 0 bridgehead atoms. The highest BCUT2D eigenvalue weighted by atomic mass is 15.2. The zero-order valence-electron chi connectivity index (χ0n) is 9.45. The van der Waals surface area contributed by atoms with Gasteiger partial charge in [-0.2, -0.15) is 0 Å². The molecule has 15 heavy (non-hydrogen) atoms. The minimum atomic E-state index is 0.705. The largest absolute Gasteiger partial charge is 0.307 e. The lowest BCUT2D eigenvalue weighted by Gasteiger charge is -2.39. The minimum Gasteiger partial charge on any atom is -0.307 e. The highest BCUT2D eigenvalue weighted by molar-refractivity contribution is 5.14. The van der Waals surface area contributed by atoms with Gasteiger partial charge in [0.15, 0.2) is 0 Å². The topological polar surface area (TPSA) is 15.3 Å². The molecule has 0 radical (unpaired) electrons. The average Bonchev–Trinajstić information content (AvgIpc) is 2.23. The maximum absolute atomic E-state index is 3.58. The fraction of sp³-hybridized carbons (Fsp3) is 0.538. The van der Waals surface area contributed by atoms with Crippen molar-refractivity contribution in [3.05, 3.63) is 35.9 Å². The van der Waals surface area contributed by atoms with E-state index in [2.05, 4.69) is 47.5 Å². The van der Waals surface area contributed by atoms with Crippen molar-refractivity contribution < 1.29 is 0 Å². The smallest absolute Gasteiger partial charge is 0.0325 e. The molecule has 1 aromatic carbocycles. The van der Waals surface area contributed by atoms with Crippen LogP contribution in [-0.4, -0.2) is 30.6 Å². The van der Waals surface area contributed by atoms with Gasteiger partial charge in [0.2, 0.25) is 0 Å². The summed E-state index contributed by atoms with van der Waals surface area (Å²) in [6, 6.07) is 11.3. The van der Waals surface area contributed by atoms with Gasteiger partial charge in [-0.1, -0.05) is 37.3 Å². The van der Waals surface area contributed by atoms with Crippen LogP contribution in [0.1, 0.15) is 18.9 Å². The molecule has 2 heteroatoms. The zero-order chi connectivity index (χ0) is 10.5. The van der Waals surface area contributed by atoms with Crippen molar-refractivity contribution in [3.63, 3.8) is 0 Å². The number of benzene rings is 1. The quantitative estimate of drug-likeness (QED) is 0.787. The maximum Gasteiger partial charge on any atom is 0.0325 e.